The van der Waals surface area contributed by atoms with Crippen LogP contribution in [-0.4, -0.2) is 33.7 Å². The second-order valence-corrected chi connectivity index (χ2v) is 9.65. The Labute approximate surface area is 165 Å². The van der Waals surface area contributed by atoms with Crippen molar-refractivity contribution in [3.05, 3.63) is 48.5 Å². The van der Waals surface area contributed by atoms with Crippen LogP contribution in [0.15, 0.2) is 26.8 Å². The number of rotatable bonds is 3. The van der Waals surface area contributed by atoms with Crippen molar-refractivity contribution in [2.24, 2.45) is 5.92 Å². The van der Waals surface area contributed by atoms with Gasteiger partial charge in [-0.05, 0) is 78.1 Å². The predicted octanol–water partition coefficient (Wildman–Crippen LogP) is 3.50. The maximum Gasteiger partial charge on any atom is 0.267 e. The molecule has 1 fully saturated rings. The molecule has 0 aromatic carbocycles. The van der Waals surface area contributed by atoms with Crippen LogP contribution in [0.5, 0.6) is 0 Å². The monoisotopic (exact) mass is 435 g/mol. The van der Waals surface area contributed by atoms with Crippen molar-refractivity contribution in [1.82, 2.24) is 14.7 Å². The summed E-state index contributed by atoms with van der Waals surface area (Å²) in [6.45, 7) is 2.16. The van der Waals surface area contributed by atoms with E-state index in [1.54, 1.807) is 10.7 Å². The molecule has 3 heterocycles. The van der Waals surface area contributed by atoms with E-state index in [0.29, 0.717) is 12.5 Å². The highest BCUT2D eigenvalue weighted by Crippen LogP contribution is 2.26. The molecule has 2 aromatic rings. The molecule has 5 nitrogen and oxygen atoms in total. The summed E-state index contributed by atoms with van der Waals surface area (Å²) in [6.07, 6.45) is 6.13. The van der Waals surface area contributed by atoms with Crippen molar-refractivity contribution in [2.75, 3.05) is 13.1 Å². The van der Waals surface area contributed by atoms with Gasteiger partial charge in [-0.1, -0.05) is 0 Å². The van der Waals surface area contributed by atoms with Gasteiger partial charge in [-0.25, -0.2) is 4.68 Å². The summed E-state index contributed by atoms with van der Waals surface area (Å²) in [5.74, 6) is 0.518. The zero-order valence-corrected chi connectivity index (χ0v) is 17.0. The molecule has 0 atom stereocenters. The van der Waals surface area contributed by atoms with Crippen molar-refractivity contribution in [1.29, 1.82) is 0 Å². The van der Waals surface area contributed by atoms with Gasteiger partial charge in [-0.3, -0.25) is 9.59 Å². The Bertz CT molecular complexity index is 868. The van der Waals surface area contributed by atoms with Crippen LogP contribution in [-0.2, 0) is 19.4 Å². The first kappa shape index (κ1) is 17.9. The minimum absolute atomic E-state index is 0.0209. The van der Waals surface area contributed by atoms with Crippen LogP contribution in [0.3, 0.4) is 0 Å². The first-order valence-electron chi connectivity index (χ1n) is 9.24. The number of carbonyl (C=O) groups excluding carboxylic acids is 1. The Hall–Kier alpha value is -1.47. The summed E-state index contributed by atoms with van der Waals surface area (Å²) in [5, 5.41) is 4.63. The SMILES string of the molecule is O=C(c1ccc(Br)s1)N1CCC(Cn2nc3c(cc2=O)CCCC3)CC1. The molecule has 138 valence electrons. The Morgan fingerprint density at radius 3 is 2.73 bits per heavy atom. The van der Waals surface area contributed by atoms with Gasteiger partial charge in [-0.15, -0.1) is 11.3 Å². The summed E-state index contributed by atoms with van der Waals surface area (Å²) in [4.78, 5) is 27.6. The van der Waals surface area contributed by atoms with Gasteiger partial charge in [-0.2, -0.15) is 5.10 Å². The Morgan fingerprint density at radius 1 is 1.23 bits per heavy atom. The molecule has 1 aliphatic carbocycles. The molecule has 0 spiro atoms. The van der Waals surface area contributed by atoms with Crippen LogP contribution in [0.4, 0.5) is 0 Å². The quantitative estimate of drug-likeness (QED) is 0.740. The molecule has 2 aromatic heterocycles. The van der Waals surface area contributed by atoms with Crippen LogP contribution in [0.2, 0.25) is 0 Å². The van der Waals surface area contributed by atoms with Gasteiger partial charge in [0.1, 0.15) is 0 Å². The Morgan fingerprint density at radius 2 is 2.00 bits per heavy atom. The van der Waals surface area contributed by atoms with E-state index in [0.717, 1.165) is 71.5 Å². The second kappa shape index (κ2) is 7.64. The summed E-state index contributed by atoms with van der Waals surface area (Å²) in [7, 11) is 0. The van der Waals surface area contributed by atoms with Crippen LogP contribution >= 0.6 is 27.3 Å². The molecular weight excluding hydrogens is 414 g/mol. The predicted molar refractivity (Wildman–Crippen MR) is 106 cm³/mol. The first-order chi connectivity index (χ1) is 12.6. The number of amides is 1. The maximum absolute atomic E-state index is 12.5. The van der Waals surface area contributed by atoms with E-state index in [-0.39, 0.29) is 11.5 Å². The highest BCUT2D eigenvalue weighted by atomic mass is 79.9. The molecule has 0 bridgehead atoms. The largest absolute Gasteiger partial charge is 0.338 e. The Kier molecular flexibility index (Phi) is 5.27. The maximum atomic E-state index is 12.5. The number of halogens is 1. The Balaban J connectivity index is 1.38. The van der Waals surface area contributed by atoms with E-state index in [1.807, 2.05) is 17.0 Å². The zero-order chi connectivity index (χ0) is 18.1. The molecule has 0 N–H and O–H groups in total. The summed E-state index contributed by atoms with van der Waals surface area (Å²) >= 11 is 4.89. The van der Waals surface area contributed by atoms with E-state index in [1.165, 1.54) is 11.3 Å². The van der Waals surface area contributed by atoms with Crippen LogP contribution in [0, 0.1) is 5.92 Å². The summed E-state index contributed by atoms with van der Waals surface area (Å²) in [5.41, 5.74) is 2.26. The standard InChI is InChI=1S/C19H22BrN3O2S/c20-17-6-5-16(26-17)19(25)22-9-7-13(8-10-22)12-23-18(24)11-14-3-1-2-4-15(14)21-23/h5-6,11,13H,1-4,7-10,12H2. The topological polar surface area (TPSA) is 55.2 Å². The fraction of sp³-hybridized carbons (Fsp3) is 0.526. The average molecular weight is 436 g/mol. The van der Waals surface area contributed by atoms with Gasteiger partial charge in [0.05, 0.1) is 14.4 Å². The number of likely N-dealkylation sites (tertiary alicyclic amines) is 1. The second-order valence-electron chi connectivity index (χ2n) is 7.18. The minimum atomic E-state index is 0.0209. The van der Waals surface area contributed by atoms with Gasteiger partial charge < -0.3 is 4.90 Å². The lowest BCUT2D eigenvalue weighted by molar-refractivity contribution is 0.0685. The van der Waals surface area contributed by atoms with Gasteiger partial charge in [0.15, 0.2) is 0 Å². The molecule has 2 aliphatic rings. The van der Waals surface area contributed by atoms with E-state index >= 15 is 0 Å². The van der Waals surface area contributed by atoms with Crippen molar-refractivity contribution in [3.63, 3.8) is 0 Å². The number of aryl methyl sites for hydroxylation is 2. The molecule has 1 saturated heterocycles. The van der Waals surface area contributed by atoms with E-state index < -0.39 is 0 Å². The number of carbonyl (C=O) groups is 1. The average Bonchev–Trinajstić information content (AvgIpc) is 3.09. The molecule has 0 unspecified atom stereocenters. The number of thiophene rings is 1. The number of hydrogen-bond acceptors (Lipinski definition) is 4. The molecule has 1 aliphatic heterocycles. The minimum Gasteiger partial charge on any atom is -0.338 e. The zero-order valence-electron chi connectivity index (χ0n) is 14.6. The lowest BCUT2D eigenvalue weighted by Crippen LogP contribution is -2.40. The number of fused-ring (bicyclic) bond motifs is 1. The fourth-order valence-electron chi connectivity index (χ4n) is 3.88. The number of nitrogens with zero attached hydrogens (tertiary/aromatic N) is 3. The molecule has 26 heavy (non-hydrogen) atoms. The van der Waals surface area contributed by atoms with E-state index in [9.17, 15) is 9.59 Å². The van der Waals surface area contributed by atoms with Gasteiger partial charge in [0.25, 0.3) is 11.5 Å². The van der Waals surface area contributed by atoms with Crippen LogP contribution < -0.4 is 5.56 Å². The molecule has 1 amide bonds. The molecular formula is C19H22BrN3O2S. The summed E-state index contributed by atoms with van der Waals surface area (Å²) in [6, 6.07) is 5.58. The molecule has 0 radical (unpaired) electrons. The van der Waals surface area contributed by atoms with Crippen molar-refractivity contribution < 1.29 is 4.79 Å². The van der Waals surface area contributed by atoms with Crippen molar-refractivity contribution in [3.8, 4) is 0 Å². The van der Waals surface area contributed by atoms with Crippen LogP contribution in [0.1, 0.15) is 46.6 Å². The third-order valence-corrected chi connectivity index (χ3v) is 7.00. The summed E-state index contributed by atoms with van der Waals surface area (Å²) < 4.78 is 2.64. The highest BCUT2D eigenvalue weighted by Gasteiger charge is 2.25. The van der Waals surface area contributed by atoms with Gasteiger partial charge >= 0.3 is 0 Å². The molecule has 4 rings (SSSR count). The number of piperidine rings is 1. The van der Waals surface area contributed by atoms with Crippen molar-refractivity contribution in [2.45, 2.75) is 45.1 Å². The molecule has 7 heteroatoms. The third kappa shape index (κ3) is 3.78. The number of hydrogen-bond donors (Lipinski definition) is 0. The van der Waals surface area contributed by atoms with E-state index in [2.05, 4.69) is 21.0 Å². The normalized spacial score (nSPS) is 18.0. The highest BCUT2D eigenvalue weighted by molar-refractivity contribution is 9.11. The van der Waals surface area contributed by atoms with Gasteiger partial charge in [0, 0.05) is 25.7 Å². The smallest absolute Gasteiger partial charge is 0.267 e. The first-order valence-corrected chi connectivity index (χ1v) is 10.9. The molecule has 0 saturated carbocycles. The van der Waals surface area contributed by atoms with Crippen molar-refractivity contribution >= 4 is 33.2 Å². The fourth-order valence-corrected chi connectivity index (χ4v) is 5.23. The lowest BCUT2D eigenvalue weighted by Gasteiger charge is -2.32. The third-order valence-electron chi connectivity index (χ3n) is 5.39. The number of aromatic nitrogens is 2. The lowest BCUT2D eigenvalue weighted by atomic mass is 9.95. The van der Waals surface area contributed by atoms with Crippen LogP contribution in [0.25, 0.3) is 0 Å². The van der Waals surface area contributed by atoms with E-state index in [4.69, 9.17) is 0 Å². The van der Waals surface area contributed by atoms with Gasteiger partial charge in [0.2, 0.25) is 0 Å².